The number of carbonyl (C=O) groups is 1. The number of benzene rings is 2. The lowest BCUT2D eigenvalue weighted by molar-refractivity contribution is -0.117. The molecule has 7 nitrogen and oxygen atoms in total. The highest BCUT2D eigenvalue weighted by molar-refractivity contribution is 7.14. The third-order valence-electron chi connectivity index (χ3n) is 4.47. The molecule has 1 heterocycles. The zero-order valence-electron chi connectivity index (χ0n) is 17.5. The van der Waals surface area contributed by atoms with Crippen molar-refractivity contribution in [3.63, 3.8) is 0 Å². The Morgan fingerprint density at radius 2 is 1.83 bits per heavy atom. The van der Waals surface area contributed by atoms with Gasteiger partial charge < -0.3 is 19.5 Å². The lowest BCUT2D eigenvalue weighted by Crippen LogP contribution is -2.30. The fraction of sp³-hybridized carbons (Fsp3) is 0.273. The van der Waals surface area contributed by atoms with Gasteiger partial charge in [0, 0.05) is 23.1 Å². The Balaban J connectivity index is 1.59. The molecule has 0 aliphatic rings. The molecule has 0 saturated carbocycles. The summed E-state index contributed by atoms with van der Waals surface area (Å²) >= 11 is 1.40. The molecule has 0 saturated heterocycles. The number of carbonyl (C=O) groups excluding carboxylic acids is 1. The van der Waals surface area contributed by atoms with Gasteiger partial charge in [0.1, 0.15) is 5.75 Å². The van der Waals surface area contributed by atoms with Crippen molar-refractivity contribution in [2.75, 3.05) is 40.2 Å². The van der Waals surface area contributed by atoms with Crippen LogP contribution in [0.15, 0.2) is 47.8 Å². The van der Waals surface area contributed by atoms with E-state index in [1.54, 1.807) is 21.3 Å². The van der Waals surface area contributed by atoms with Gasteiger partial charge in [0.05, 0.1) is 33.6 Å². The molecule has 8 heteroatoms. The molecule has 1 amide bonds. The number of para-hydroxylation sites is 1. The summed E-state index contributed by atoms with van der Waals surface area (Å²) in [5, 5.41) is 5.36. The Kier molecular flexibility index (Phi) is 7.26. The third-order valence-corrected chi connectivity index (χ3v) is 5.23. The molecule has 1 N–H and O–H groups in total. The van der Waals surface area contributed by atoms with Crippen LogP contribution in [0, 0.1) is 0 Å². The Morgan fingerprint density at radius 1 is 1.07 bits per heavy atom. The summed E-state index contributed by atoms with van der Waals surface area (Å²) in [6.07, 6.45) is 0. The fourth-order valence-electron chi connectivity index (χ4n) is 3.05. The van der Waals surface area contributed by atoms with Crippen LogP contribution in [0.25, 0.3) is 11.3 Å². The van der Waals surface area contributed by atoms with Crippen LogP contribution in [0.1, 0.15) is 5.56 Å². The molecule has 0 aliphatic carbocycles. The molecular weight excluding hydrogens is 402 g/mol. The summed E-state index contributed by atoms with van der Waals surface area (Å²) in [6, 6.07) is 13.4. The highest BCUT2D eigenvalue weighted by atomic mass is 32.1. The summed E-state index contributed by atoms with van der Waals surface area (Å²) < 4.78 is 16.0. The van der Waals surface area contributed by atoms with Crippen LogP contribution in [0.3, 0.4) is 0 Å². The largest absolute Gasteiger partial charge is 0.497 e. The SMILES string of the molecule is COc1ccc(-c2csc(NC(=O)CN(C)Cc3cccc(OC)c3OC)n2)cc1. The normalized spacial score (nSPS) is 10.7. The molecule has 0 aliphatic heterocycles. The number of hydrogen-bond donors (Lipinski definition) is 1. The Hall–Kier alpha value is -3.10. The van der Waals surface area contributed by atoms with Crippen LogP contribution in [0.2, 0.25) is 0 Å². The number of thiazole rings is 1. The summed E-state index contributed by atoms with van der Waals surface area (Å²) in [4.78, 5) is 18.9. The molecule has 158 valence electrons. The number of nitrogens with zero attached hydrogens (tertiary/aromatic N) is 2. The van der Waals surface area contributed by atoms with E-state index in [-0.39, 0.29) is 12.5 Å². The molecule has 0 spiro atoms. The zero-order valence-corrected chi connectivity index (χ0v) is 18.3. The number of nitrogens with one attached hydrogen (secondary N) is 1. The van der Waals surface area contributed by atoms with Crippen LogP contribution < -0.4 is 19.5 Å². The van der Waals surface area contributed by atoms with E-state index in [0.29, 0.717) is 23.2 Å². The van der Waals surface area contributed by atoms with Crippen molar-refractivity contribution in [2.45, 2.75) is 6.54 Å². The standard InChI is InChI=1S/C22H25N3O4S/c1-25(12-16-6-5-7-19(28-3)21(16)29-4)13-20(26)24-22-23-18(14-30-22)15-8-10-17(27-2)11-9-15/h5-11,14H,12-13H2,1-4H3,(H,23,24,26). The number of amides is 1. The molecule has 30 heavy (non-hydrogen) atoms. The first-order valence-electron chi connectivity index (χ1n) is 9.32. The first-order valence-corrected chi connectivity index (χ1v) is 10.2. The molecular formula is C22H25N3O4S. The molecule has 0 atom stereocenters. The second kappa shape index (κ2) is 10.1. The van der Waals surface area contributed by atoms with Crippen LogP contribution in [0.5, 0.6) is 17.2 Å². The average molecular weight is 428 g/mol. The summed E-state index contributed by atoms with van der Waals surface area (Å²) in [5.74, 6) is 2.01. The van der Waals surface area contributed by atoms with Gasteiger partial charge in [0.2, 0.25) is 5.91 Å². The molecule has 3 aromatic rings. The number of hydrogen-bond acceptors (Lipinski definition) is 7. The second-order valence-electron chi connectivity index (χ2n) is 6.64. The number of ether oxygens (including phenoxy) is 3. The van der Waals surface area contributed by atoms with Crippen molar-refractivity contribution in [2.24, 2.45) is 0 Å². The predicted octanol–water partition coefficient (Wildman–Crippen LogP) is 3.91. The van der Waals surface area contributed by atoms with Gasteiger partial charge in [0.15, 0.2) is 16.6 Å². The van der Waals surface area contributed by atoms with Crippen LogP contribution in [0.4, 0.5) is 5.13 Å². The first kappa shape index (κ1) is 21.6. The van der Waals surface area contributed by atoms with Gasteiger partial charge in [-0.05, 0) is 37.4 Å². The van der Waals surface area contributed by atoms with E-state index in [9.17, 15) is 4.79 Å². The number of methoxy groups -OCH3 is 3. The average Bonchev–Trinajstić information content (AvgIpc) is 3.21. The Bertz CT molecular complexity index is 988. The Morgan fingerprint density at radius 3 is 2.50 bits per heavy atom. The number of rotatable bonds is 9. The van der Waals surface area contributed by atoms with Gasteiger partial charge in [-0.25, -0.2) is 4.98 Å². The molecule has 0 unspecified atom stereocenters. The van der Waals surface area contributed by atoms with Crippen molar-refractivity contribution in [1.29, 1.82) is 0 Å². The third kappa shape index (κ3) is 5.28. The van der Waals surface area contributed by atoms with Crippen molar-refractivity contribution >= 4 is 22.4 Å². The lowest BCUT2D eigenvalue weighted by Gasteiger charge is -2.19. The van der Waals surface area contributed by atoms with Crippen LogP contribution in [-0.2, 0) is 11.3 Å². The quantitative estimate of drug-likeness (QED) is 0.558. The zero-order chi connectivity index (χ0) is 21.5. The van der Waals surface area contributed by atoms with Gasteiger partial charge in [0.25, 0.3) is 0 Å². The van der Waals surface area contributed by atoms with Gasteiger partial charge >= 0.3 is 0 Å². The van der Waals surface area contributed by atoms with E-state index in [4.69, 9.17) is 14.2 Å². The maximum absolute atomic E-state index is 12.5. The van der Waals surface area contributed by atoms with Crippen LogP contribution in [-0.4, -0.2) is 50.7 Å². The molecule has 0 fully saturated rings. The number of anilines is 1. The number of likely N-dealkylation sites (N-methyl/N-ethyl adjacent to an activating group) is 1. The molecule has 3 rings (SSSR count). The van der Waals surface area contributed by atoms with Crippen molar-refractivity contribution < 1.29 is 19.0 Å². The van der Waals surface area contributed by atoms with Gasteiger partial charge in [-0.3, -0.25) is 9.69 Å². The van der Waals surface area contributed by atoms with Crippen molar-refractivity contribution in [3.05, 3.63) is 53.4 Å². The monoisotopic (exact) mass is 427 g/mol. The van der Waals surface area contributed by atoms with E-state index in [1.165, 1.54) is 11.3 Å². The summed E-state index contributed by atoms with van der Waals surface area (Å²) in [5.41, 5.74) is 2.73. The minimum Gasteiger partial charge on any atom is -0.497 e. The lowest BCUT2D eigenvalue weighted by atomic mass is 10.1. The molecule has 0 bridgehead atoms. The molecule has 0 radical (unpaired) electrons. The maximum Gasteiger partial charge on any atom is 0.240 e. The molecule has 2 aromatic carbocycles. The minimum absolute atomic E-state index is 0.130. The topological polar surface area (TPSA) is 72.9 Å². The van der Waals surface area contributed by atoms with Crippen molar-refractivity contribution in [1.82, 2.24) is 9.88 Å². The number of aromatic nitrogens is 1. The summed E-state index contributed by atoms with van der Waals surface area (Å²) in [7, 11) is 6.72. The predicted molar refractivity (Wildman–Crippen MR) is 119 cm³/mol. The van der Waals surface area contributed by atoms with Gasteiger partial charge in [-0.15, -0.1) is 11.3 Å². The van der Waals surface area contributed by atoms with Gasteiger partial charge in [-0.1, -0.05) is 12.1 Å². The van der Waals surface area contributed by atoms with Crippen LogP contribution >= 0.6 is 11.3 Å². The van der Waals surface area contributed by atoms with E-state index in [2.05, 4.69) is 10.3 Å². The van der Waals surface area contributed by atoms with Gasteiger partial charge in [-0.2, -0.15) is 0 Å². The maximum atomic E-state index is 12.5. The van der Waals surface area contributed by atoms with E-state index < -0.39 is 0 Å². The Labute approximate surface area is 180 Å². The van der Waals surface area contributed by atoms with E-state index in [0.717, 1.165) is 22.6 Å². The van der Waals surface area contributed by atoms with E-state index in [1.807, 2.05) is 59.8 Å². The summed E-state index contributed by atoms with van der Waals surface area (Å²) in [6.45, 7) is 0.764. The second-order valence-corrected chi connectivity index (χ2v) is 7.50. The first-order chi connectivity index (χ1) is 14.5. The molecule has 1 aromatic heterocycles. The highest BCUT2D eigenvalue weighted by Crippen LogP contribution is 2.31. The smallest absolute Gasteiger partial charge is 0.240 e. The van der Waals surface area contributed by atoms with Crippen molar-refractivity contribution in [3.8, 4) is 28.5 Å². The minimum atomic E-state index is -0.130. The highest BCUT2D eigenvalue weighted by Gasteiger charge is 2.14. The van der Waals surface area contributed by atoms with E-state index >= 15 is 0 Å². The fourth-order valence-corrected chi connectivity index (χ4v) is 3.79.